The fourth-order valence-electron chi connectivity index (χ4n) is 2.32. The van der Waals surface area contributed by atoms with Crippen LogP contribution < -0.4 is 4.74 Å². The summed E-state index contributed by atoms with van der Waals surface area (Å²) in [6.45, 7) is 4.07. The summed E-state index contributed by atoms with van der Waals surface area (Å²) in [5.74, 6) is -0.331. The number of nitrogens with zero attached hydrogens (tertiary/aromatic N) is 2. The molecule has 3 aromatic rings. The van der Waals surface area contributed by atoms with Gasteiger partial charge < -0.3 is 9.47 Å². The highest BCUT2D eigenvalue weighted by atomic mass is 32.2. The second-order valence-electron chi connectivity index (χ2n) is 5.42. The molecule has 3 rings (SSSR count). The Kier molecular flexibility index (Phi) is 5.53. The molecule has 0 spiro atoms. The SMILES string of the molecule is COC(=O)c1ccc(OC(=O)CSc2ncnc3sc(C)c(C)c23)cc1. The van der Waals surface area contributed by atoms with Gasteiger partial charge in [-0.25, -0.2) is 14.8 Å². The number of methoxy groups -OCH3 is 1. The number of thiophene rings is 1. The summed E-state index contributed by atoms with van der Waals surface area (Å²) in [4.78, 5) is 34.2. The van der Waals surface area contributed by atoms with Gasteiger partial charge in [0.1, 0.15) is 21.9 Å². The van der Waals surface area contributed by atoms with Gasteiger partial charge >= 0.3 is 11.9 Å². The average Bonchev–Trinajstić information content (AvgIpc) is 2.94. The third-order valence-electron chi connectivity index (χ3n) is 3.76. The van der Waals surface area contributed by atoms with E-state index in [-0.39, 0.29) is 5.75 Å². The molecular formula is C18H16N2O4S2. The number of esters is 2. The zero-order valence-electron chi connectivity index (χ0n) is 14.4. The van der Waals surface area contributed by atoms with Crippen LogP contribution in [0.4, 0.5) is 0 Å². The van der Waals surface area contributed by atoms with Gasteiger partial charge in [-0.1, -0.05) is 11.8 Å². The predicted octanol–water partition coefficient (Wildman–Crippen LogP) is 3.79. The van der Waals surface area contributed by atoms with Crippen LogP contribution in [0.25, 0.3) is 10.2 Å². The molecule has 0 aliphatic heterocycles. The van der Waals surface area contributed by atoms with Crippen LogP contribution in [-0.2, 0) is 9.53 Å². The molecule has 6 nitrogen and oxygen atoms in total. The lowest BCUT2D eigenvalue weighted by Crippen LogP contribution is -2.11. The fraction of sp³-hybridized carbons (Fsp3) is 0.222. The van der Waals surface area contributed by atoms with Gasteiger partial charge in [-0.2, -0.15) is 0 Å². The van der Waals surface area contributed by atoms with Crippen LogP contribution in [0.15, 0.2) is 35.6 Å². The third-order valence-corrected chi connectivity index (χ3v) is 5.84. The maximum atomic E-state index is 12.1. The van der Waals surface area contributed by atoms with Crippen molar-refractivity contribution in [2.24, 2.45) is 0 Å². The van der Waals surface area contributed by atoms with Gasteiger partial charge in [-0.3, -0.25) is 4.79 Å². The van der Waals surface area contributed by atoms with Crippen molar-refractivity contribution in [1.29, 1.82) is 0 Å². The van der Waals surface area contributed by atoms with Crippen LogP contribution in [0.2, 0.25) is 0 Å². The minimum atomic E-state index is -0.437. The van der Waals surface area contributed by atoms with Crippen LogP contribution in [0, 0.1) is 13.8 Å². The Hall–Kier alpha value is -2.45. The van der Waals surface area contributed by atoms with E-state index in [0.717, 1.165) is 20.8 Å². The summed E-state index contributed by atoms with van der Waals surface area (Å²) in [7, 11) is 1.31. The number of carbonyl (C=O) groups is 2. The van der Waals surface area contributed by atoms with Crippen LogP contribution in [0.5, 0.6) is 5.75 Å². The van der Waals surface area contributed by atoms with E-state index in [9.17, 15) is 9.59 Å². The molecule has 0 aliphatic rings. The Balaban J connectivity index is 1.65. The molecule has 26 heavy (non-hydrogen) atoms. The number of thioether (sulfide) groups is 1. The molecule has 0 atom stereocenters. The molecule has 0 bridgehead atoms. The summed E-state index contributed by atoms with van der Waals surface area (Å²) in [5, 5.41) is 1.77. The number of hydrogen-bond donors (Lipinski definition) is 0. The Bertz CT molecular complexity index is 967. The van der Waals surface area contributed by atoms with Gasteiger partial charge in [0.2, 0.25) is 0 Å². The first-order chi connectivity index (χ1) is 12.5. The number of aromatic nitrogens is 2. The first-order valence-electron chi connectivity index (χ1n) is 7.72. The number of ether oxygens (including phenoxy) is 2. The van der Waals surface area contributed by atoms with E-state index in [2.05, 4.69) is 14.7 Å². The molecule has 0 amide bonds. The number of benzene rings is 1. The molecule has 2 heterocycles. The van der Waals surface area contributed by atoms with E-state index in [1.54, 1.807) is 35.6 Å². The summed E-state index contributed by atoms with van der Waals surface area (Å²) in [6.07, 6.45) is 1.51. The maximum Gasteiger partial charge on any atom is 0.337 e. The minimum absolute atomic E-state index is 0.124. The van der Waals surface area contributed by atoms with Crippen molar-refractivity contribution < 1.29 is 19.1 Å². The Morgan fingerprint density at radius 3 is 2.58 bits per heavy atom. The second-order valence-corrected chi connectivity index (χ2v) is 7.59. The summed E-state index contributed by atoms with van der Waals surface area (Å²) >= 11 is 2.94. The van der Waals surface area contributed by atoms with Gasteiger partial charge in [0, 0.05) is 10.3 Å². The van der Waals surface area contributed by atoms with Crippen molar-refractivity contribution >= 4 is 45.3 Å². The third kappa shape index (κ3) is 3.86. The molecule has 0 radical (unpaired) electrons. The first kappa shape index (κ1) is 18.3. The fourth-order valence-corrected chi connectivity index (χ4v) is 4.22. The number of carbonyl (C=O) groups excluding carboxylic acids is 2. The van der Waals surface area contributed by atoms with Crippen molar-refractivity contribution in [2.75, 3.05) is 12.9 Å². The molecule has 0 unspecified atom stereocenters. The Morgan fingerprint density at radius 2 is 1.88 bits per heavy atom. The smallest absolute Gasteiger partial charge is 0.337 e. The van der Waals surface area contributed by atoms with Crippen molar-refractivity contribution in [3.05, 3.63) is 46.6 Å². The number of fused-ring (bicyclic) bond motifs is 1. The van der Waals surface area contributed by atoms with Crippen LogP contribution in [0.1, 0.15) is 20.8 Å². The van der Waals surface area contributed by atoms with Gasteiger partial charge in [0.05, 0.1) is 18.4 Å². The minimum Gasteiger partial charge on any atom is -0.465 e. The molecule has 1 aromatic carbocycles. The first-order valence-corrected chi connectivity index (χ1v) is 9.52. The number of rotatable bonds is 5. The van der Waals surface area contributed by atoms with E-state index in [1.165, 1.54) is 30.1 Å². The van der Waals surface area contributed by atoms with E-state index in [4.69, 9.17) is 4.74 Å². The van der Waals surface area contributed by atoms with Gasteiger partial charge in [0.15, 0.2) is 0 Å². The summed E-state index contributed by atoms with van der Waals surface area (Å²) < 4.78 is 9.93. The Morgan fingerprint density at radius 1 is 1.15 bits per heavy atom. The molecule has 0 N–H and O–H groups in total. The van der Waals surface area contributed by atoms with Gasteiger partial charge in [0.25, 0.3) is 0 Å². The average molecular weight is 388 g/mol. The van der Waals surface area contributed by atoms with Crippen LogP contribution in [0.3, 0.4) is 0 Å². The van der Waals surface area contributed by atoms with Crippen molar-refractivity contribution in [1.82, 2.24) is 9.97 Å². The highest BCUT2D eigenvalue weighted by molar-refractivity contribution is 8.00. The zero-order chi connectivity index (χ0) is 18.7. The number of hydrogen-bond acceptors (Lipinski definition) is 8. The summed E-state index contributed by atoms with van der Waals surface area (Å²) in [6, 6.07) is 6.22. The molecular weight excluding hydrogens is 372 g/mol. The largest absolute Gasteiger partial charge is 0.465 e. The number of aryl methyl sites for hydroxylation is 2. The lowest BCUT2D eigenvalue weighted by atomic mass is 10.2. The summed E-state index contributed by atoms with van der Waals surface area (Å²) in [5.41, 5.74) is 1.54. The van der Waals surface area contributed by atoms with E-state index in [1.807, 2.05) is 13.8 Å². The topological polar surface area (TPSA) is 78.4 Å². The van der Waals surface area contributed by atoms with Gasteiger partial charge in [-0.15, -0.1) is 11.3 Å². The highest BCUT2D eigenvalue weighted by Gasteiger charge is 2.14. The Labute approximate surface area is 158 Å². The van der Waals surface area contributed by atoms with E-state index in [0.29, 0.717) is 11.3 Å². The zero-order valence-corrected chi connectivity index (χ0v) is 16.1. The molecule has 0 aliphatic carbocycles. The van der Waals surface area contributed by atoms with Crippen molar-refractivity contribution in [2.45, 2.75) is 18.9 Å². The van der Waals surface area contributed by atoms with E-state index >= 15 is 0 Å². The lowest BCUT2D eigenvalue weighted by molar-refractivity contribution is -0.131. The van der Waals surface area contributed by atoms with Crippen LogP contribution in [-0.4, -0.2) is 34.8 Å². The monoisotopic (exact) mass is 388 g/mol. The molecule has 134 valence electrons. The van der Waals surface area contributed by atoms with Crippen LogP contribution >= 0.6 is 23.1 Å². The molecule has 0 saturated carbocycles. The second kappa shape index (κ2) is 7.84. The normalized spacial score (nSPS) is 10.7. The standard InChI is InChI=1S/C18H16N2O4S2/c1-10-11(2)26-17-15(10)16(19-9-20-17)25-8-14(21)24-13-6-4-12(5-7-13)18(22)23-3/h4-7,9H,8H2,1-3H3. The van der Waals surface area contributed by atoms with Crippen molar-refractivity contribution in [3.8, 4) is 5.75 Å². The maximum absolute atomic E-state index is 12.1. The van der Waals surface area contributed by atoms with Gasteiger partial charge in [-0.05, 0) is 43.7 Å². The highest BCUT2D eigenvalue weighted by Crippen LogP contribution is 2.34. The molecule has 2 aromatic heterocycles. The molecule has 0 saturated heterocycles. The van der Waals surface area contributed by atoms with Crippen molar-refractivity contribution in [3.63, 3.8) is 0 Å². The predicted molar refractivity (Wildman–Crippen MR) is 101 cm³/mol. The molecule has 0 fully saturated rings. The quantitative estimate of drug-likeness (QED) is 0.285. The van der Waals surface area contributed by atoms with E-state index < -0.39 is 11.9 Å². The lowest BCUT2D eigenvalue weighted by Gasteiger charge is -2.06. The molecule has 8 heteroatoms.